The second-order valence-electron chi connectivity index (χ2n) is 5.81. The molecule has 122 valence electrons. The van der Waals surface area contributed by atoms with Crippen molar-refractivity contribution in [2.75, 3.05) is 0 Å². The fourth-order valence-corrected chi connectivity index (χ4v) is 3.23. The number of thiophene rings is 1. The van der Waals surface area contributed by atoms with Crippen molar-refractivity contribution >= 4 is 23.2 Å². The van der Waals surface area contributed by atoms with Crippen molar-refractivity contribution in [2.24, 2.45) is 0 Å². The van der Waals surface area contributed by atoms with Gasteiger partial charge in [-0.1, -0.05) is 12.1 Å². The molecule has 1 heterocycles. The van der Waals surface area contributed by atoms with Gasteiger partial charge in [0.25, 0.3) is 0 Å². The Balaban J connectivity index is 2.07. The summed E-state index contributed by atoms with van der Waals surface area (Å²) in [6, 6.07) is 10.7. The molecule has 1 amide bonds. The average molecular weight is 331 g/mol. The van der Waals surface area contributed by atoms with E-state index in [0.717, 1.165) is 5.56 Å². The number of benzene rings is 1. The van der Waals surface area contributed by atoms with Gasteiger partial charge in [-0.3, -0.25) is 4.79 Å². The first-order valence-corrected chi connectivity index (χ1v) is 8.35. The maximum absolute atomic E-state index is 12.6. The summed E-state index contributed by atoms with van der Waals surface area (Å²) in [6.07, 6.45) is 0.280. The molecule has 0 aliphatic rings. The summed E-state index contributed by atoms with van der Waals surface area (Å²) in [5.41, 5.74) is 1.06. The van der Waals surface area contributed by atoms with Gasteiger partial charge in [0.1, 0.15) is 0 Å². The quantitative estimate of drug-likeness (QED) is 0.877. The lowest BCUT2D eigenvalue weighted by molar-refractivity contribution is -0.132. The summed E-state index contributed by atoms with van der Waals surface area (Å²) in [7, 11) is 0. The van der Waals surface area contributed by atoms with Crippen molar-refractivity contribution in [3.8, 4) is 0 Å². The summed E-state index contributed by atoms with van der Waals surface area (Å²) in [6.45, 7) is 6.68. The van der Waals surface area contributed by atoms with E-state index in [0.29, 0.717) is 6.54 Å². The van der Waals surface area contributed by atoms with Crippen molar-refractivity contribution < 1.29 is 14.7 Å². The second kappa shape index (κ2) is 7.42. The minimum absolute atomic E-state index is 0.0501. The molecule has 0 fully saturated rings. The van der Waals surface area contributed by atoms with E-state index in [1.807, 2.05) is 18.7 Å². The molecule has 0 atom stereocenters. The molecule has 1 aromatic carbocycles. The predicted octanol–water partition coefficient (Wildman–Crippen LogP) is 3.73. The van der Waals surface area contributed by atoms with Crippen LogP contribution in [0.1, 0.15) is 39.5 Å². The number of aromatic carboxylic acids is 1. The maximum Gasteiger partial charge on any atom is 0.335 e. The van der Waals surface area contributed by atoms with E-state index in [1.165, 1.54) is 21.9 Å². The van der Waals surface area contributed by atoms with Crippen molar-refractivity contribution in [2.45, 2.75) is 39.8 Å². The highest BCUT2D eigenvalue weighted by molar-refractivity contribution is 7.11. The summed E-state index contributed by atoms with van der Waals surface area (Å²) in [5, 5.41) is 8.91. The third kappa shape index (κ3) is 4.66. The number of aryl methyl sites for hydroxylation is 1. The van der Waals surface area contributed by atoms with Crippen LogP contribution in [-0.2, 0) is 17.8 Å². The van der Waals surface area contributed by atoms with Crippen LogP contribution in [0.25, 0.3) is 0 Å². The van der Waals surface area contributed by atoms with Crippen molar-refractivity contribution in [1.29, 1.82) is 0 Å². The summed E-state index contributed by atoms with van der Waals surface area (Å²) < 4.78 is 0. The number of carboxylic acid groups (broad SMARTS) is 1. The Labute approximate surface area is 140 Å². The van der Waals surface area contributed by atoms with E-state index in [-0.39, 0.29) is 23.9 Å². The van der Waals surface area contributed by atoms with Crippen LogP contribution < -0.4 is 0 Å². The molecule has 1 N–H and O–H groups in total. The minimum atomic E-state index is -0.959. The number of carbonyl (C=O) groups excluding carboxylic acids is 1. The molecule has 1 aromatic heterocycles. The van der Waals surface area contributed by atoms with Gasteiger partial charge in [0, 0.05) is 15.8 Å². The lowest BCUT2D eigenvalue weighted by Crippen LogP contribution is -2.37. The zero-order valence-electron chi connectivity index (χ0n) is 13.6. The Kier molecular flexibility index (Phi) is 5.55. The molecule has 0 saturated heterocycles. The highest BCUT2D eigenvalue weighted by Gasteiger charge is 2.18. The lowest BCUT2D eigenvalue weighted by atomic mass is 10.1. The molecule has 4 nitrogen and oxygen atoms in total. The van der Waals surface area contributed by atoms with Gasteiger partial charge in [0.05, 0.1) is 18.5 Å². The predicted molar refractivity (Wildman–Crippen MR) is 91.8 cm³/mol. The summed E-state index contributed by atoms with van der Waals surface area (Å²) in [5.74, 6) is -0.908. The van der Waals surface area contributed by atoms with Gasteiger partial charge < -0.3 is 10.0 Å². The van der Waals surface area contributed by atoms with Crippen LogP contribution in [0.4, 0.5) is 0 Å². The first-order chi connectivity index (χ1) is 10.9. The average Bonchev–Trinajstić information content (AvgIpc) is 2.90. The van der Waals surface area contributed by atoms with Gasteiger partial charge in [-0.2, -0.15) is 0 Å². The summed E-state index contributed by atoms with van der Waals surface area (Å²) in [4.78, 5) is 27.7. The van der Waals surface area contributed by atoms with Crippen LogP contribution in [0.5, 0.6) is 0 Å². The number of carboxylic acids is 1. The molecular formula is C18H21NO3S. The number of carbonyl (C=O) groups is 2. The van der Waals surface area contributed by atoms with Crippen LogP contribution in [-0.4, -0.2) is 27.9 Å². The van der Waals surface area contributed by atoms with Crippen LogP contribution in [0.3, 0.4) is 0 Å². The topological polar surface area (TPSA) is 57.6 Å². The molecule has 23 heavy (non-hydrogen) atoms. The van der Waals surface area contributed by atoms with E-state index in [4.69, 9.17) is 5.11 Å². The number of hydrogen-bond donors (Lipinski definition) is 1. The van der Waals surface area contributed by atoms with E-state index in [9.17, 15) is 9.59 Å². The van der Waals surface area contributed by atoms with Crippen LogP contribution >= 0.6 is 11.3 Å². The molecule has 5 heteroatoms. The van der Waals surface area contributed by atoms with Crippen molar-refractivity contribution in [3.63, 3.8) is 0 Å². The normalized spacial score (nSPS) is 10.8. The zero-order chi connectivity index (χ0) is 17.0. The van der Waals surface area contributed by atoms with Gasteiger partial charge in [-0.25, -0.2) is 4.79 Å². The van der Waals surface area contributed by atoms with Crippen LogP contribution in [0.15, 0.2) is 36.4 Å². The minimum Gasteiger partial charge on any atom is -0.478 e. The van der Waals surface area contributed by atoms with E-state index in [1.54, 1.807) is 23.5 Å². The maximum atomic E-state index is 12.6. The summed E-state index contributed by atoms with van der Waals surface area (Å²) >= 11 is 1.70. The monoisotopic (exact) mass is 331 g/mol. The molecule has 0 saturated carbocycles. The highest BCUT2D eigenvalue weighted by Crippen LogP contribution is 2.19. The first kappa shape index (κ1) is 17.2. The Bertz CT molecular complexity index is 689. The Morgan fingerprint density at radius 2 is 1.78 bits per heavy atom. The fraction of sp³-hybridized carbons (Fsp3) is 0.333. The molecule has 0 radical (unpaired) electrons. The van der Waals surface area contributed by atoms with E-state index < -0.39 is 5.97 Å². The lowest BCUT2D eigenvalue weighted by Gasteiger charge is -2.26. The molecular weight excluding hydrogens is 310 g/mol. The van der Waals surface area contributed by atoms with Gasteiger partial charge in [-0.15, -0.1) is 11.3 Å². The molecule has 0 unspecified atom stereocenters. The third-order valence-electron chi connectivity index (χ3n) is 3.62. The standard InChI is InChI=1S/C18H21NO3S/c1-12(2)19(11-16-9-4-13(3)23-16)17(20)10-14-5-7-15(8-6-14)18(21)22/h4-9,12H,10-11H2,1-3H3,(H,21,22). The first-order valence-electron chi connectivity index (χ1n) is 7.54. The SMILES string of the molecule is Cc1ccc(CN(C(=O)Cc2ccc(C(=O)O)cc2)C(C)C)s1. The second-order valence-corrected chi connectivity index (χ2v) is 7.18. The molecule has 2 rings (SSSR count). The Hall–Kier alpha value is -2.14. The van der Waals surface area contributed by atoms with Gasteiger partial charge in [0.15, 0.2) is 0 Å². The van der Waals surface area contributed by atoms with E-state index >= 15 is 0 Å². The third-order valence-corrected chi connectivity index (χ3v) is 4.61. The fourth-order valence-electron chi connectivity index (χ4n) is 2.34. The Morgan fingerprint density at radius 3 is 2.26 bits per heavy atom. The molecule has 0 spiro atoms. The smallest absolute Gasteiger partial charge is 0.335 e. The van der Waals surface area contributed by atoms with Crippen molar-refractivity contribution in [3.05, 3.63) is 57.3 Å². The van der Waals surface area contributed by atoms with Crippen LogP contribution in [0, 0.1) is 6.92 Å². The number of rotatable bonds is 6. The highest BCUT2D eigenvalue weighted by atomic mass is 32.1. The van der Waals surface area contributed by atoms with E-state index in [2.05, 4.69) is 19.1 Å². The molecule has 0 bridgehead atoms. The largest absolute Gasteiger partial charge is 0.478 e. The van der Waals surface area contributed by atoms with Gasteiger partial charge in [0.2, 0.25) is 5.91 Å². The molecule has 2 aromatic rings. The zero-order valence-corrected chi connectivity index (χ0v) is 14.4. The number of amides is 1. The number of nitrogens with zero attached hydrogens (tertiary/aromatic N) is 1. The molecule has 0 aliphatic heterocycles. The van der Waals surface area contributed by atoms with Gasteiger partial charge in [-0.05, 0) is 50.6 Å². The number of hydrogen-bond acceptors (Lipinski definition) is 3. The van der Waals surface area contributed by atoms with Gasteiger partial charge >= 0.3 is 5.97 Å². The van der Waals surface area contributed by atoms with Crippen molar-refractivity contribution in [1.82, 2.24) is 4.90 Å². The van der Waals surface area contributed by atoms with Crippen LogP contribution in [0.2, 0.25) is 0 Å². The Morgan fingerprint density at radius 1 is 1.13 bits per heavy atom. The molecule has 0 aliphatic carbocycles.